The molecule has 2 saturated heterocycles. The molecule has 2 aliphatic rings. The molecule has 2 amide bonds. The van der Waals surface area contributed by atoms with E-state index in [4.69, 9.17) is 5.26 Å². The number of nitrogens with zero attached hydrogens (tertiary/aromatic N) is 6. The van der Waals surface area contributed by atoms with Crippen LogP contribution in [0.3, 0.4) is 0 Å². The predicted molar refractivity (Wildman–Crippen MR) is 123 cm³/mol. The van der Waals surface area contributed by atoms with E-state index in [0.717, 1.165) is 32.5 Å². The van der Waals surface area contributed by atoms with Gasteiger partial charge in [-0.15, -0.1) is 0 Å². The van der Waals surface area contributed by atoms with Gasteiger partial charge in [-0.3, -0.25) is 4.90 Å². The molecule has 1 aromatic heterocycles. The van der Waals surface area contributed by atoms with E-state index in [0.29, 0.717) is 24.6 Å². The molecule has 0 saturated carbocycles. The maximum absolute atomic E-state index is 13.0. The molecule has 1 aromatic carbocycles. The number of nitrogens with one attached hydrogen (secondary N) is 1. The van der Waals surface area contributed by atoms with E-state index in [1.807, 2.05) is 17.0 Å². The standard InChI is InChI=1S/C24H31N7O/c1-18-15-30(16-19(2)31(18)23-26-13-21(12-25)14-27-23)24(32)28-22-8-10-29(11-9-22)17-20-6-4-3-5-7-20/h3-7,13-14,18-19,22H,8-11,15-17H2,1-2H3,(H,28,32)/t18-,19-/m0/s1. The molecule has 2 aliphatic heterocycles. The number of piperazine rings is 1. The van der Waals surface area contributed by atoms with Crippen LogP contribution < -0.4 is 10.2 Å². The van der Waals surface area contributed by atoms with Gasteiger partial charge in [-0.05, 0) is 32.3 Å². The first-order chi connectivity index (χ1) is 15.5. The number of carbonyl (C=O) groups is 1. The van der Waals surface area contributed by atoms with Gasteiger partial charge in [-0.25, -0.2) is 14.8 Å². The van der Waals surface area contributed by atoms with Crippen LogP contribution in [0.1, 0.15) is 37.8 Å². The summed E-state index contributed by atoms with van der Waals surface area (Å²) >= 11 is 0. The van der Waals surface area contributed by atoms with Crippen molar-refractivity contribution >= 4 is 12.0 Å². The summed E-state index contributed by atoms with van der Waals surface area (Å²) in [6.07, 6.45) is 5.04. The van der Waals surface area contributed by atoms with Gasteiger partial charge in [0.15, 0.2) is 0 Å². The summed E-state index contributed by atoms with van der Waals surface area (Å²) < 4.78 is 0. The van der Waals surface area contributed by atoms with Crippen LogP contribution in [-0.4, -0.2) is 70.1 Å². The van der Waals surface area contributed by atoms with E-state index in [-0.39, 0.29) is 24.2 Å². The lowest BCUT2D eigenvalue weighted by molar-refractivity contribution is 0.156. The fraction of sp³-hybridized carbons (Fsp3) is 0.500. The molecular weight excluding hydrogens is 402 g/mol. The molecule has 2 fully saturated rings. The van der Waals surface area contributed by atoms with Crippen molar-refractivity contribution in [2.24, 2.45) is 0 Å². The molecule has 8 nitrogen and oxygen atoms in total. The number of anilines is 1. The van der Waals surface area contributed by atoms with Crippen molar-refractivity contribution in [3.8, 4) is 6.07 Å². The smallest absolute Gasteiger partial charge is 0.317 e. The number of carbonyl (C=O) groups excluding carboxylic acids is 1. The van der Waals surface area contributed by atoms with E-state index < -0.39 is 0 Å². The van der Waals surface area contributed by atoms with E-state index in [9.17, 15) is 4.79 Å². The molecule has 4 rings (SSSR count). The van der Waals surface area contributed by atoms with Crippen LogP contribution in [0.5, 0.6) is 0 Å². The molecule has 0 radical (unpaired) electrons. The van der Waals surface area contributed by atoms with Crippen LogP contribution >= 0.6 is 0 Å². The number of rotatable bonds is 4. The summed E-state index contributed by atoms with van der Waals surface area (Å²) in [7, 11) is 0. The number of hydrogen-bond acceptors (Lipinski definition) is 6. The normalized spacial score (nSPS) is 22.4. The summed E-state index contributed by atoms with van der Waals surface area (Å²) in [5.41, 5.74) is 1.78. The molecule has 8 heteroatoms. The van der Waals surface area contributed by atoms with E-state index in [2.05, 4.69) is 63.2 Å². The number of nitriles is 1. The van der Waals surface area contributed by atoms with Gasteiger partial charge in [0.1, 0.15) is 6.07 Å². The molecule has 0 spiro atoms. The summed E-state index contributed by atoms with van der Waals surface area (Å²) in [5, 5.41) is 12.2. The maximum Gasteiger partial charge on any atom is 0.317 e. The van der Waals surface area contributed by atoms with Crippen molar-refractivity contribution in [1.29, 1.82) is 5.26 Å². The van der Waals surface area contributed by atoms with E-state index in [1.54, 1.807) is 12.4 Å². The lowest BCUT2D eigenvalue weighted by Gasteiger charge is -2.44. The summed E-state index contributed by atoms with van der Waals surface area (Å²) in [6, 6.07) is 13.0. The Hall–Kier alpha value is -3.18. The Morgan fingerprint density at radius 3 is 2.31 bits per heavy atom. The number of benzene rings is 1. The third-order valence-electron chi connectivity index (χ3n) is 6.37. The quantitative estimate of drug-likeness (QED) is 0.797. The first kappa shape index (κ1) is 22.0. The number of piperidine rings is 1. The first-order valence-corrected chi connectivity index (χ1v) is 11.4. The molecule has 3 heterocycles. The summed E-state index contributed by atoms with van der Waals surface area (Å²) in [6.45, 7) is 8.36. The van der Waals surface area contributed by atoms with Crippen LogP contribution in [-0.2, 0) is 6.54 Å². The SMILES string of the molecule is C[C@H]1CN(C(=O)NC2CCN(Cc3ccccc3)CC2)C[C@H](C)N1c1ncc(C#N)cn1. The third-order valence-corrected chi connectivity index (χ3v) is 6.37. The highest BCUT2D eigenvalue weighted by Crippen LogP contribution is 2.22. The van der Waals surface area contributed by atoms with Gasteiger partial charge in [0.2, 0.25) is 5.95 Å². The maximum atomic E-state index is 13.0. The molecule has 2 aromatic rings. The highest BCUT2D eigenvalue weighted by Gasteiger charge is 2.34. The Kier molecular flexibility index (Phi) is 6.86. The molecular formula is C24H31N7O. The minimum absolute atomic E-state index is 0.0191. The second-order valence-corrected chi connectivity index (χ2v) is 8.88. The first-order valence-electron chi connectivity index (χ1n) is 11.4. The molecule has 0 bridgehead atoms. The Morgan fingerprint density at radius 2 is 1.72 bits per heavy atom. The molecule has 0 aliphatic carbocycles. The lowest BCUT2D eigenvalue weighted by Crippen LogP contribution is -2.61. The van der Waals surface area contributed by atoms with Gasteiger partial charge in [-0.2, -0.15) is 5.26 Å². The van der Waals surface area contributed by atoms with Crippen LogP contribution in [0.4, 0.5) is 10.7 Å². The third kappa shape index (κ3) is 5.17. The summed E-state index contributed by atoms with van der Waals surface area (Å²) in [4.78, 5) is 28.2. The average molecular weight is 434 g/mol. The topological polar surface area (TPSA) is 88.4 Å². The highest BCUT2D eigenvalue weighted by molar-refractivity contribution is 5.75. The zero-order valence-electron chi connectivity index (χ0n) is 18.8. The van der Waals surface area contributed by atoms with Gasteiger partial charge < -0.3 is 15.1 Å². The largest absolute Gasteiger partial charge is 0.335 e. The van der Waals surface area contributed by atoms with E-state index >= 15 is 0 Å². The van der Waals surface area contributed by atoms with Gasteiger partial charge >= 0.3 is 6.03 Å². The Balaban J connectivity index is 1.27. The number of likely N-dealkylation sites (tertiary alicyclic amines) is 1. The van der Waals surface area contributed by atoms with Gasteiger partial charge in [0.05, 0.1) is 18.0 Å². The number of urea groups is 1. The van der Waals surface area contributed by atoms with Crippen molar-refractivity contribution in [3.63, 3.8) is 0 Å². The molecule has 168 valence electrons. The number of aromatic nitrogens is 2. The fourth-order valence-electron chi connectivity index (χ4n) is 4.74. The van der Waals surface area contributed by atoms with Crippen molar-refractivity contribution < 1.29 is 4.79 Å². The van der Waals surface area contributed by atoms with Crippen molar-refractivity contribution in [1.82, 2.24) is 25.1 Å². The van der Waals surface area contributed by atoms with Crippen molar-refractivity contribution in [2.75, 3.05) is 31.1 Å². The number of amides is 2. The predicted octanol–water partition coefficient (Wildman–Crippen LogP) is 2.62. The Labute approximate surface area is 189 Å². The zero-order chi connectivity index (χ0) is 22.5. The summed E-state index contributed by atoms with van der Waals surface area (Å²) in [5.74, 6) is 0.606. The Bertz CT molecular complexity index is 923. The minimum Gasteiger partial charge on any atom is -0.335 e. The molecule has 2 atom stereocenters. The minimum atomic E-state index is 0.0191. The van der Waals surface area contributed by atoms with Gasteiger partial charge in [-0.1, -0.05) is 30.3 Å². The van der Waals surface area contributed by atoms with Crippen LogP contribution in [0, 0.1) is 11.3 Å². The Morgan fingerprint density at radius 1 is 1.09 bits per heavy atom. The molecule has 1 N–H and O–H groups in total. The fourth-order valence-corrected chi connectivity index (χ4v) is 4.74. The van der Waals surface area contributed by atoms with Gasteiger partial charge in [0.25, 0.3) is 0 Å². The molecule has 32 heavy (non-hydrogen) atoms. The van der Waals surface area contributed by atoms with Crippen LogP contribution in [0.15, 0.2) is 42.7 Å². The van der Waals surface area contributed by atoms with Crippen molar-refractivity contribution in [3.05, 3.63) is 53.9 Å². The van der Waals surface area contributed by atoms with E-state index in [1.165, 1.54) is 5.56 Å². The highest BCUT2D eigenvalue weighted by atomic mass is 16.2. The monoisotopic (exact) mass is 433 g/mol. The second kappa shape index (κ2) is 9.96. The average Bonchev–Trinajstić information content (AvgIpc) is 2.81. The van der Waals surface area contributed by atoms with Crippen LogP contribution in [0.25, 0.3) is 0 Å². The number of hydrogen-bond donors (Lipinski definition) is 1. The zero-order valence-corrected chi connectivity index (χ0v) is 18.8. The van der Waals surface area contributed by atoms with Crippen LogP contribution in [0.2, 0.25) is 0 Å². The van der Waals surface area contributed by atoms with Gasteiger partial charge in [0, 0.05) is 50.8 Å². The van der Waals surface area contributed by atoms with Crippen molar-refractivity contribution in [2.45, 2.75) is 51.4 Å². The molecule has 0 unspecified atom stereocenters. The lowest BCUT2D eigenvalue weighted by atomic mass is 10.0. The second-order valence-electron chi connectivity index (χ2n) is 8.88.